The van der Waals surface area contributed by atoms with Crippen LogP contribution in [0.1, 0.15) is 45.1 Å². The Morgan fingerprint density at radius 1 is 1.12 bits per heavy atom. The van der Waals surface area contributed by atoms with Gasteiger partial charge in [-0.3, -0.25) is 9.69 Å². The van der Waals surface area contributed by atoms with Crippen molar-refractivity contribution < 1.29 is 31.8 Å². The number of imidazole rings is 1. The monoisotopic (exact) mass is 698 g/mol. The Balaban J connectivity index is 1.28. The van der Waals surface area contributed by atoms with Crippen molar-refractivity contribution in [2.24, 2.45) is 5.41 Å². The van der Waals surface area contributed by atoms with E-state index in [4.69, 9.17) is 14.5 Å². The van der Waals surface area contributed by atoms with Crippen LogP contribution in [0.2, 0.25) is 0 Å². The van der Waals surface area contributed by atoms with Crippen LogP contribution in [0.15, 0.2) is 36.7 Å². The average Bonchev–Trinajstić information content (AvgIpc) is 3.50. The molecule has 2 fully saturated rings. The lowest BCUT2D eigenvalue weighted by atomic mass is 9.69. The number of esters is 1. The van der Waals surface area contributed by atoms with Crippen LogP contribution in [0.25, 0.3) is 33.9 Å². The van der Waals surface area contributed by atoms with E-state index in [0.29, 0.717) is 67.8 Å². The molecule has 1 aliphatic heterocycles. The number of fused-ring (bicyclic) bond motifs is 1. The minimum Gasteiger partial charge on any atom is -0.466 e. The zero-order chi connectivity index (χ0) is 35.6. The first-order chi connectivity index (χ1) is 23.9. The molecule has 1 aromatic carbocycles. The van der Waals surface area contributed by atoms with Gasteiger partial charge in [-0.2, -0.15) is 13.2 Å². The molecule has 11 nitrogen and oxygen atoms in total. The van der Waals surface area contributed by atoms with Crippen LogP contribution in [0.4, 0.5) is 29.1 Å². The molecule has 0 bridgehead atoms. The van der Waals surface area contributed by atoms with E-state index in [1.54, 1.807) is 32.5 Å². The number of aromatic amines is 1. The number of hydrogen-bond donors (Lipinski definition) is 1. The number of aromatic nitrogens is 5. The number of benzene rings is 1. The molecule has 15 heteroatoms. The molecule has 4 aromatic rings. The lowest BCUT2D eigenvalue weighted by molar-refractivity contribution is -0.143. The second-order valence-electron chi connectivity index (χ2n) is 13.3. The highest BCUT2D eigenvalue weighted by Gasteiger charge is 2.39. The molecule has 0 amide bonds. The number of carbonyl (C=O) groups excluding carboxylic acids is 1. The number of alkyl halides is 3. The van der Waals surface area contributed by atoms with Crippen LogP contribution in [0.3, 0.4) is 0 Å². The minimum absolute atomic E-state index is 0.0490. The first kappa shape index (κ1) is 35.5. The smallest absolute Gasteiger partial charge is 0.419 e. The molecular formula is C35H42F4N8O3. The number of nitrogens with zero attached hydrogens (tertiary/aromatic N) is 7. The van der Waals surface area contributed by atoms with Gasteiger partial charge < -0.3 is 24.3 Å². The molecule has 268 valence electrons. The summed E-state index contributed by atoms with van der Waals surface area (Å²) < 4.78 is 65.7. The summed E-state index contributed by atoms with van der Waals surface area (Å²) in [6, 6.07) is 4.79. The van der Waals surface area contributed by atoms with E-state index in [2.05, 4.69) is 36.7 Å². The largest absolute Gasteiger partial charge is 0.466 e. The topological polar surface area (TPSA) is 113 Å². The second kappa shape index (κ2) is 14.5. The Morgan fingerprint density at radius 3 is 2.56 bits per heavy atom. The van der Waals surface area contributed by atoms with Crippen molar-refractivity contribution in [3.63, 3.8) is 0 Å². The lowest BCUT2D eigenvalue weighted by Gasteiger charge is -2.44. The quantitative estimate of drug-likeness (QED) is 0.141. The first-order valence-electron chi connectivity index (χ1n) is 16.8. The number of ether oxygens (including phenoxy) is 2. The molecule has 1 saturated carbocycles. The molecule has 0 radical (unpaired) electrons. The maximum Gasteiger partial charge on any atom is 0.419 e. The molecule has 3 aromatic heterocycles. The van der Waals surface area contributed by atoms with Gasteiger partial charge in [0.2, 0.25) is 0 Å². The van der Waals surface area contributed by atoms with Gasteiger partial charge in [0.15, 0.2) is 11.5 Å². The Hall–Kier alpha value is -4.37. The standard InChI is InChI=1S/C35H42F4N8O3/c1-5-50-30(48)9-12-46-13-14-47(19-22(46)2)29-18-40-27(17-41-29)32-43-31-28(45(3)20-34(21-49-4)10-6-11-34)16-26(42-33(31)44-32)23-7-8-25(36)24(15-23)35(37,38)39/h7-8,15-18,22H,5-6,9-14,19-21H2,1-4H3,(H,42,43,44)/t22-/m0/s1. The van der Waals surface area contributed by atoms with Gasteiger partial charge >= 0.3 is 12.1 Å². The lowest BCUT2D eigenvalue weighted by Crippen LogP contribution is -2.52. The van der Waals surface area contributed by atoms with Crippen LogP contribution in [0.5, 0.6) is 0 Å². The zero-order valence-electron chi connectivity index (χ0n) is 28.7. The van der Waals surface area contributed by atoms with E-state index in [9.17, 15) is 22.4 Å². The van der Waals surface area contributed by atoms with Gasteiger partial charge in [0.05, 0.1) is 49.0 Å². The number of hydrogen-bond acceptors (Lipinski definition) is 10. The van der Waals surface area contributed by atoms with Gasteiger partial charge in [0.1, 0.15) is 22.8 Å². The van der Waals surface area contributed by atoms with Gasteiger partial charge in [-0.05, 0) is 51.0 Å². The van der Waals surface area contributed by atoms with Crippen LogP contribution in [0, 0.1) is 11.2 Å². The third kappa shape index (κ3) is 7.53. The number of nitrogens with one attached hydrogen (secondary N) is 1. The summed E-state index contributed by atoms with van der Waals surface area (Å²) >= 11 is 0. The molecule has 1 aliphatic carbocycles. The van der Waals surface area contributed by atoms with Crippen molar-refractivity contribution in [3.8, 4) is 22.8 Å². The van der Waals surface area contributed by atoms with E-state index in [-0.39, 0.29) is 34.3 Å². The summed E-state index contributed by atoms with van der Waals surface area (Å²) in [5.41, 5.74) is 0.976. The Labute approximate surface area is 288 Å². The van der Waals surface area contributed by atoms with Crippen LogP contribution >= 0.6 is 0 Å². The van der Waals surface area contributed by atoms with Gasteiger partial charge in [-0.1, -0.05) is 6.42 Å². The number of pyridine rings is 1. The summed E-state index contributed by atoms with van der Waals surface area (Å²) in [6.07, 6.45) is 1.90. The highest BCUT2D eigenvalue weighted by molar-refractivity contribution is 5.91. The maximum absolute atomic E-state index is 14.2. The van der Waals surface area contributed by atoms with Crippen molar-refractivity contribution >= 4 is 28.6 Å². The van der Waals surface area contributed by atoms with Gasteiger partial charge in [0, 0.05) is 63.9 Å². The number of anilines is 2. The van der Waals surface area contributed by atoms with E-state index < -0.39 is 17.6 Å². The van der Waals surface area contributed by atoms with E-state index in [1.165, 1.54) is 6.07 Å². The summed E-state index contributed by atoms with van der Waals surface area (Å²) in [5.74, 6) is -0.427. The molecule has 1 atom stereocenters. The molecule has 1 N–H and O–H groups in total. The molecule has 2 aliphatic rings. The molecule has 4 heterocycles. The second-order valence-corrected chi connectivity index (χ2v) is 13.3. The predicted molar refractivity (Wildman–Crippen MR) is 181 cm³/mol. The third-order valence-corrected chi connectivity index (χ3v) is 9.74. The predicted octanol–water partition coefficient (Wildman–Crippen LogP) is 5.96. The first-order valence-corrected chi connectivity index (χ1v) is 16.8. The van der Waals surface area contributed by atoms with E-state index in [1.807, 2.05) is 11.9 Å². The Bertz CT molecular complexity index is 1810. The van der Waals surface area contributed by atoms with Gasteiger partial charge in [0.25, 0.3) is 0 Å². The summed E-state index contributed by atoms with van der Waals surface area (Å²) in [6.45, 7) is 8.35. The average molecular weight is 699 g/mol. The number of methoxy groups -OCH3 is 1. The fraction of sp³-hybridized carbons (Fsp3) is 0.514. The van der Waals surface area contributed by atoms with E-state index in [0.717, 1.165) is 44.5 Å². The maximum atomic E-state index is 14.2. The number of rotatable bonds is 12. The number of H-pyrrole nitrogens is 1. The van der Waals surface area contributed by atoms with Crippen molar-refractivity contribution in [3.05, 3.63) is 48.0 Å². The normalized spacial score (nSPS) is 17.9. The van der Waals surface area contributed by atoms with Crippen molar-refractivity contribution in [1.82, 2.24) is 29.8 Å². The SMILES string of the molecule is CCOC(=O)CCN1CCN(c2cnc(-c3nc4nc(-c5ccc(F)c(C(F)(F)F)c5)cc(N(C)CC5(COC)CCC5)c4[nH]3)cn2)C[C@@H]1C. The third-order valence-electron chi connectivity index (χ3n) is 9.74. The van der Waals surface area contributed by atoms with Gasteiger partial charge in [-0.15, -0.1) is 0 Å². The van der Waals surface area contributed by atoms with Crippen molar-refractivity contribution in [2.45, 2.75) is 51.7 Å². The highest BCUT2D eigenvalue weighted by atomic mass is 19.4. The summed E-state index contributed by atoms with van der Waals surface area (Å²) in [7, 11) is 3.60. The number of halogens is 4. The zero-order valence-corrected chi connectivity index (χ0v) is 28.7. The molecule has 6 rings (SSSR count). The van der Waals surface area contributed by atoms with Crippen LogP contribution < -0.4 is 9.80 Å². The van der Waals surface area contributed by atoms with Crippen molar-refractivity contribution in [1.29, 1.82) is 0 Å². The summed E-state index contributed by atoms with van der Waals surface area (Å²) in [4.78, 5) is 40.3. The number of piperazine rings is 1. The number of carbonyl (C=O) groups is 1. The highest BCUT2D eigenvalue weighted by Crippen LogP contribution is 2.43. The van der Waals surface area contributed by atoms with Crippen molar-refractivity contribution in [2.75, 3.05) is 69.9 Å². The molecule has 0 spiro atoms. The fourth-order valence-electron chi connectivity index (χ4n) is 6.97. The van der Waals surface area contributed by atoms with Gasteiger partial charge in [-0.25, -0.2) is 24.3 Å². The van der Waals surface area contributed by atoms with E-state index >= 15 is 0 Å². The van der Waals surface area contributed by atoms with Crippen LogP contribution in [-0.2, 0) is 20.4 Å². The van der Waals surface area contributed by atoms with Crippen LogP contribution in [-0.4, -0.2) is 102 Å². The Kier molecular flexibility index (Phi) is 10.3. The molecular weight excluding hydrogens is 656 g/mol. The fourth-order valence-corrected chi connectivity index (χ4v) is 6.97. The minimum atomic E-state index is -4.86. The Morgan fingerprint density at radius 2 is 1.92 bits per heavy atom. The molecule has 50 heavy (non-hydrogen) atoms. The summed E-state index contributed by atoms with van der Waals surface area (Å²) in [5, 5.41) is 0. The molecule has 0 unspecified atom stereocenters. The molecule has 1 saturated heterocycles.